The zero-order valence-electron chi connectivity index (χ0n) is 14.7. The molecule has 0 atom stereocenters. The van der Waals surface area contributed by atoms with Gasteiger partial charge in [0.2, 0.25) is 15.8 Å². The molecule has 0 aliphatic heterocycles. The molecular formula is C17H12F6N4O2S. The predicted octanol–water partition coefficient (Wildman–Crippen LogP) is 4.23. The Morgan fingerprint density at radius 3 is 2.10 bits per heavy atom. The van der Waals surface area contributed by atoms with Crippen LogP contribution in [0.4, 0.5) is 37.8 Å². The van der Waals surface area contributed by atoms with Crippen LogP contribution >= 0.6 is 0 Å². The lowest BCUT2D eigenvalue weighted by molar-refractivity contribution is -0.144. The molecule has 3 aromatic rings. The number of para-hydroxylation sites is 1. The lowest BCUT2D eigenvalue weighted by atomic mass is 10.2. The summed E-state index contributed by atoms with van der Waals surface area (Å²) < 4.78 is 101. The van der Waals surface area contributed by atoms with E-state index in [0.717, 1.165) is 12.1 Å². The van der Waals surface area contributed by atoms with Crippen molar-refractivity contribution in [2.45, 2.75) is 17.2 Å². The molecular weight excluding hydrogens is 438 g/mol. The number of rotatable bonds is 5. The molecule has 2 aromatic carbocycles. The van der Waals surface area contributed by atoms with Gasteiger partial charge in [-0.3, -0.25) is 0 Å². The lowest BCUT2D eigenvalue weighted by Gasteiger charge is -2.13. The monoisotopic (exact) mass is 450 g/mol. The quantitative estimate of drug-likeness (QED) is 0.569. The fourth-order valence-corrected chi connectivity index (χ4v) is 3.43. The number of nitrogens with one attached hydrogen (secondary N) is 2. The van der Waals surface area contributed by atoms with E-state index < -0.39 is 39.6 Å². The highest BCUT2D eigenvalue weighted by molar-refractivity contribution is 7.89. The highest BCUT2D eigenvalue weighted by Crippen LogP contribution is 2.31. The normalized spacial score (nSPS) is 12.9. The molecule has 1 heterocycles. The number of nitrogens with zero attached hydrogens (tertiary/aromatic N) is 2. The van der Waals surface area contributed by atoms with Crippen LogP contribution in [0.15, 0.2) is 53.4 Å². The average Bonchev–Trinajstić information content (AvgIpc) is 2.66. The van der Waals surface area contributed by atoms with Crippen LogP contribution in [-0.2, 0) is 16.2 Å². The van der Waals surface area contributed by atoms with Gasteiger partial charge in [-0.05, 0) is 36.4 Å². The highest BCUT2D eigenvalue weighted by atomic mass is 32.2. The van der Waals surface area contributed by atoms with Gasteiger partial charge in [-0.1, -0.05) is 12.1 Å². The van der Waals surface area contributed by atoms with Gasteiger partial charge in [0.1, 0.15) is 12.4 Å². The first-order valence-corrected chi connectivity index (χ1v) is 9.61. The molecule has 6 nitrogen and oxygen atoms in total. The summed E-state index contributed by atoms with van der Waals surface area (Å²) in [5.74, 6) is -1.53. The number of anilines is 2. The number of hydrogen-bond acceptors (Lipinski definition) is 5. The van der Waals surface area contributed by atoms with Gasteiger partial charge in [0.25, 0.3) is 0 Å². The van der Waals surface area contributed by atoms with Crippen LogP contribution in [0.5, 0.6) is 0 Å². The van der Waals surface area contributed by atoms with Crippen LogP contribution in [0.25, 0.3) is 10.9 Å². The second kappa shape index (κ2) is 7.72. The van der Waals surface area contributed by atoms with Gasteiger partial charge >= 0.3 is 12.4 Å². The predicted molar refractivity (Wildman–Crippen MR) is 95.5 cm³/mol. The molecule has 13 heteroatoms. The molecule has 0 saturated heterocycles. The van der Waals surface area contributed by atoms with Gasteiger partial charge in [-0.2, -0.15) is 26.3 Å². The van der Waals surface area contributed by atoms with Crippen molar-refractivity contribution in [2.24, 2.45) is 0 Å². The Morgan fingerprint density at radius 1 is 0.867 bits per heavy atom. The minimum Gasteiger partial charge on any atom is -0.340 e. The van der Waals surface area contributed by atoms with Crippen LogP contribution < -0.4 is 10.0 Å². The van der Waals surface area contributed by atoms with Crippen LogP contribution in [0.1, 0.15) is 5.82 Å². The zero-order valence-corrected chi connectivity index (χ0v) is 15.5. The van der Waals surface area contributed by atoms with E-state index in [4.69, 9.17) is 0 Å². The van der Waals surface area contributed by atoms with Crippen molar-refractivity contribution in [1.82, 2.24) is 14.7 Å². The molecule has 0 spiro atoms. The highest BCUT2D eigenvalue weighted by Gasteiger charge is 2.35. The minimum absolute atomic E-state index is 0.0397. The van der Waals surface area contributed by atoms with Gasteiger partial charge < -0.3 is 5.32 Å². The molecule has 3 rings (SSSR count). The third-order valence-electron chi connectivity index (χ3n) is 3.75. The van der Waals surface area contributed by atoms with E-state index in [9.17, 15) is 34.8 Å². The number of sulfonamides is 1. The Morgan fingerprint density at radius 2 is 1.50 bits per heavy atom. The van der Waals surface area contributed by atoms with Crippen LogP contribution in [0.3, 0.4) is 0 Å². The summed E-state index contributed by atoms with van der Waals surface area (Å²) in [6.45, 7) is -1.73. The molecule has 0 bridgehead atoms. The van der Waals surface area contributed by atoms with Crippen molar-refractivity contribution in [3.63, 3.8) is 0 Å². The summed E-state index contributed by atoms with van der Waals surface area (Å²) in [5, 5.41) is 2.93. The Balaban J connectivity index is 1.90. The first-order valence-electron chi connectivity index (χ1n) is 8.13. The number of halogens is 6. The number of aromatic nitrogens is 2. The average molecular weight is 450 g/mol. The van der Waals surface area contributed by atoms with Gasteiger partial charge in [-0.15, -0.1) is 0 Å². The lowest BCUT2D eigenvalue weighted by Crippen LogP contribution is -2.33. The van der Waals surface area contributed by atoms with Crippen LogP contribution in [-0.4, -0.2) is 31.1 Å². The molecule has 0 amide bonds. The molecule has 0 unspecified atom stereocenters. The van der Waals surface area contributed by atoms with E-state index in [1.165, 1.54) is 35.1 Å². The SMILES string of the molecule is O=S(=O)(NCC(F)(F)F)c1ccc(Nc2nc(C(F)(F)F)nc3ccccc23)cc1. The minimum atomic E-state index is -4.79. The summed E-state index contributed by atoms with van der Waals surface area (Å²) in [6, 6.07) is 10.3. The summed E-state index contributed by atoms with van der Waals surface area (Å²) in [5.41, 5.74) is 0.208. The van der Waals surface area contributed by atoms with Crippen LogP contribution in [0.2, 0.25) is 0 Å². The molecule has 30 heavy (non-hydrogen) atoms. The van der Waals surface area contributed by atoms with Crippen molar-refractivity contribution >= 4 is 32.4 Å². The maximum absolute atomic E-state index is 13.1. The Kier molecular flexibility index (Phi) is 5.60. The molecule has 1 aromatic heterocycles. The fourth-order valence-electron chi connectivity index (χ4n) is 2.41. The molecule has 2 N–H and O–H groups in total. The first kappa shape index (κ1) is 21.8. The third-order valence-corrected chi connectivity index (χ3v) is 5.16. The Labute approximate surface area is 166 Å². The second-order valence-corrected chi connectivity index (χ2v) is 7.77. The molecule has 160 valence electrons. The third kappa shape index (κ3) is 5.16. The van der Waals surface area contributed by atoms with Gasteiger partial charge in [0.15, 0.2) is 0 Å². The number of alkyl halides is 6. The van der Waals surface area contributed by atoms with Crippen molar-refractivity contribution in [1.29, 1.82) is 0 Å². The summed E-state index contributed by atoms with van der Waals surface area (Å²) in [4.78, 5) is 6.53. The molecule has 0 saturated carbocycles. The van der Waals surface area contributed by atoms with Gasteiger partial charge in [-0.25, -0.2) is 23.1 Å². The van der Waals surface area contributed by atoms with Crippen molar-refractivity contribution < 1.29 is 34.8 Å². The maximum atomic E-state index is 13.1. The maximum Gasteiger partial charge on any atom is 0.451 e. The molecule has 0 fully saturated rings. The smallest absolute Gasteiger partial charge is 0.340 e. The summed E-state index contributed by atoms with van der Waals surface area (Å²) in [6.07, 6.45) is -9.51. The zero-order chi connectivity index (χ0) is 22.2. The number of benzene rings is 2. The largest absolute Gasteiger partial charge is 0.451 e. The van der Waals surface area contributed by atoms with E-state index in [-0.39, 0.29) is 22.4 Å². The Bertz CT molecular complexity index is 1160. The number of fused-ring (bicyclic) bond motifs is 1. The second-order valence-electron chi connectivity index (χ2n) is 6.00. The van der Waals surface area contributed by atoms with E-state index >= 15 is 0 Å². The summed E-state index contributed by atoms with van der Waals surface area (Å²) >= 11 is 0. The standard InChI is InChI=1S/C17H12F6N4O2S/c18-16(19,20)9-24-30(28,29)11-7-5-10(6-8-11)25-14-12-3-1-2-4-13(12)26-15(27-14)17(21,22)23/h1-8,24H,9H2,(H,25,26,27). The van der Waals surface area contributed by atoms with Crippen molar-refractivity contribution in [3.8, 4) is 0 Å². The number of hydrogen-bond donors (Lipinski definition) is 2. The van der Waals surface area contributed by atoms with E-state index in [0.29, 0.717) is 0 Å². The topological polar surface area (TPSA) is 84.0 Å². The van der Waals surface area contributed by atoms with E-state index in [1.54, 1.807) is 6.07 Å². The fraction of sp³-hybridized carbons (Fsp3) is 0.176. The Hall–Kier alpha value is -2.93. The molecule has 0 aliphatic carbocycles. The first-order chi connectivity index (χ1) is 13.9. The molecule has 0 aliphatic rings. The van der Waals surface area contributed by atoms with Gasteiger partial charge in [0.05, 0.1) is 10.4 Å². The van der Waals surface area contributed by atoms with Crippen LogP contribution in [0, 0.1) is 0 Å². The summed E-state index contributed by atoms with van der Waals surface area (Å²) in [7, 11) is -4.42. The molecule has 0 radical (unpaired) electrons. The van der Waals surface area contributed by atoms with E-state index in [1.807, 2.05) is 0 Å². The van der Waals surface area contributed by atoms with Gasteiger partial charge in [0, 0.05) is 11.1 Å². The van der Waals surface area contributed by atoms with Crippen molar-refractivity contribution in [2.75, 3.05) is 11.9 Å². The van der Waals surface area contributed by atoms with Crippen molar-refractivity contribution in [3.05, 3.63) is 54.4 Å². The van der Waals surface area contributed by atoms with E-state index in [2.05, 4.69) is 15.3 Å².